The Hall–Kier alpha value is -4.25. The average molecular weight is 466 g/mol. The summed E-state index contributed by atoms with van der Waals surface area (Å²) >= 11 is 0. The Morgan fingerprint density at radius 1 is 1.18 bits per heavy atom. The van der Waals surface area contributed by atoms with Gasteiger partial charge in [0.15, 0.2) is 5.76 Å². The molecule has 0 radical (unpaired) electrons. The minimum Gasteiger partial charge on any atom is -0.467 e. The zero-order valence-electron chi connectivity index (χ0n) is 18.3. The van der Waals surface area contributed by atoms with E-state index in [0.717, 1.165) is 0 Å². The molecule has 0 spiro atoms. The van der Waals surface area contributed by atoms with Crippen LogP contribution in [-0.2, 0) is 9.53 Å². The number of benzene rings is 1. The van der Waals surface area contributed by atoms with Crippen molar-refractivity contribution in [1.82, 2.24) is 9.91 Å². The monoisotopic (exact) mass is 466 g/mol. The minimum absolute atomic E-state index is 0.0388. The van der Waals surface area contributed by atoms with Crippen LogP contribution in [0, 0.1) is 10.1 Å². The van der Waals surface area contributed by atoms with Gasteiger partial charge in [-0.15, -0.1) is 0 Å². The molecule has 1 aromatic carbocycles. The summed E-state index contributed by atoms with van der Waals surface area (Å²) in [6, 6.07) is 12.0. The first-order valence-electron chi connectivity index (χ1n) is 10.5. The Balaban J connectivity index is 1.59. The quantitative estimate of drug-likeness (QED) is 0.349. The van der Waals surface area contributed by atoms with Crippen LogP contribution in [0.25, 0.3) is 0 Å². The van der Waals surface area contributed by atoms with Crippen molar-refractivity contribution in [2.75, 3.05) is 26.8 Å². The smallest absolute Gasteiger partial charge is 0.290 e. The van der Waals surface area contributed by atoms with Gasteiger partial charge in [-0.25, -0.2) is 5.01 Å². The van der Waals surface area contributed by atoms with E-state index in [0.29, 0.717) is 23.5 Å². The number of amides is 2. The molecule has 3 heterocycles. The number of nitrogens with zero attached hydrogens (tertiary/aromatic N) is 4. The zero-order valence-corrected chi connectivity index (χ0v) is 18.3. The third kappa shape index (κ3) is 4.89. The second-order valence-corrected chi connectivity index (χ2v) is 7.52. The number of methoxy groups -OCH3 is 1. The highest BCUT2D eigenvalue weighted by molar-refractivity contribution is 6.03. The van der Waals surface area contributed by atoms with Gasteiger partial charge in [-0.05, 0) is 42.0 Å². The molecule has 3 aromatic rings. The molecule has 176 valence electrons. The lowest BCUT2D eigenvalue weighted by Crippen LogP contribution is -2.42. The van der Waals surface area contributed by atoms with Crippen molar-refractivity contribution >= 4 is 23.2 Å². The molecule has 1 unspecified atom stereocenters. The fourth-order valence-corrected chi connectivity index (χ4v) is 3.64. The molecule has 0 bridgehead atoms. The third-order valence-corrected chi connectivity index (χ3v) is 5.36. The van der Waals surface area contributed by atoms with Crippen molar-refractivity contribution in [2.45, 2.75) is 12.5 Å². The summed E-state index contributed by atoms with van der Waals surface area (Å²) in [5.41, 5.74) is 1.19. The fraction of sp³-hybridized carbons (Fsp3) is 0.261. The molecule has 1 aliphatic heterocycles. The van der Waals surface area contributed by atoms with Crippen LogP contribution < -0.4 is 0 Å². The minimum atomic E-state index is -0.518. The van der Waals surface area contributed by atoms with Gasteiger partial charge in [-0.2, -0.15) is 5.10 Å². The van der Waals surface area contributed by atoms with E-state index in [2.05, 4.69) is 5.10 Å². The lowest BCUT2D eigenvalue weighted by atomic mass is 10.0. The van der Waals surface area contributed by atoms with E-state index in [1.54, 1.807) is 30.3 Å². The molecule has 1 aliphatic rings. The maximum absolute atomic E-state index is 13.3. The fourth-order valence-electron chi connectivity index (χ4n) is 3.64. The van der Waals surface area contributed by atoms with Gasteiger partial charge in [0.05, 0.1) is 29.8 Å². The zero-order chi connectivity index (χ0) is 24.1. The van der Waals surface area contributed by atoms with Crippen LogP contribution in [0.15, 0.2) is 75.0 Å². The number of carbonyl (C=O) groups is 2. The summed E-state index contributed by atoms with van der Waals surface area (Å²) in [6.07, 6.45) is 3.24. The van der Waals surface area contributed by atoms with Gasteiger partial charge in [-0.1, -0.05) is 0 Å². The molecule has 0 fully saturated rings. The third-order valence-electron chi connectivity index (χ3n) is 5.36. The Bertz CT molecular complexity index is 1170. The Morgan fingerprint density at radius 2 is 1.91 bits per heavy atom. The van der Waals surface area contributed by atoms with Crippen LogP contribution in [-0.4, -0.2) is 59.2 Å². The molecule has 0 N–H and O–H groups in total. The first-order valence-corrected chi connectivity index (χ1v) is 10.5. The summed E-state index contributed by atoms with van der Waals surface area (Å²) in [4.78, 5) is 38.0. The molecule has 2 aromatic heterocycles. The number of furan rings is 2. The number of nitro groups is 1. The number of carbonyl (C=O) groups excluding carboxylic acids is 2. The Kier molecular flexibility index (Phi) is 6.83. The van der Waals surface area contributed by atoms with Gasteiger partial charge in [0.1, 0.15) is 18.3 Å². The van der Waals surface area contributed by atoms with Crippen LogP contribution in [0.3, 0.4) is 0 Å². The molecule has 11 heteroatoms. The van der Waals surface area contributed by atoms with Crippen LogP contribution >= 0.6 is 0 Å². The van der Waals surface area contributed by atoms with Crippen molar-refractivity contribution in [3.8, 4) is 0 Å². The number of rotatable bonds is 9. The second-order valence-electron chi connectivity index (χ2n) is 7.52. The molecule has 1 atom stereocenters. The summed E-state index contributed by atoms with van der Waals surface area (Å²) in [5, 5.41) is 16.8. The first-order chi connectivity index (χ1) is 16.5. The van der Waals surface area contributed by atoms with Gasteiger partial charge in [-0.3, -0.25) is 19.7 Å². The number of nitro benzene ring substituents is 1. The van der Waals surface area contributed by atoms with E-state index < -0.39 is 22.8 Å². The highest BCUT2D eigenvalue weighted by atomic mass is 16.6. The average Bonchev–Trinajstić information content (AvgIpc) is 3.62. The molecule has 2 amide bonds. The van der Waals surface area contributed by atoms with E-state index in [9.17, 15) is 19.7 Å². The predicted molar refractivity (Wildman–Crippen MR) is 119 cm³/mol. The van der Waals surface area contributed by atoms with Crippen molar-refractivity contribution < 1.29 is 28.1 Å². The van der Waals surface area contributed by atoms with Gasteiger partial charge >= 0.3 is 0 Å². The number of hydrogen-bond acceptors (Lipinski definition) is 8. The number of hydrogen-bond donors (Lipinski definition) is 0. The SMILES string of the molecule is COCCN(CC(=O)N1N=C(c2ccc([N+](=O)[O-])cc2)CC1c1ccco1)C(=O)c1ccco1. The topological polar surface area (TPSA) is 132 Å². The molecule has 11 nitrogen and oxygen atoms in total. The number of ether oxygens (including phenoxy) is 1. The molecule has 0 saturated heterocycles. The van der Waals surface area contributed by atoms with Crippen LogP contribution in [0.1, 0.15) is 34.3 Å². The van der Waals surface area contributed by atoms with Crippen LogP contribution in [0.4, 0.5) is 5.69 Å². The summed E-state index contributed by atoms with van der Waals surface area (Å²) in [6.45, 7) is 0.162. The predicted octanol–water partition coefficient (Wildman–Crippen LogP) is 3.25. The number of non-ortho nitro benzene ring substituents is 1. The van der Waals surface area contributed by atoms with Crippen LogP contribution in [0.2, 0.25) is 0 Å². The van der Waals surface area contributed by atoms with E-state index in [1.165, 1.54) is 47.7 Å². The molecular weight excluding hydrogens is 444 g/mol. The second kappa shape index (κ2) is 10.1. The lowest BCUT2D eigenvalue weighted by Gasteiger charge is -2.25. The van der Waals surface area contributed by atoms with Crippen molar-refractivity contribution in [2.24, 2.45) is 5.10 Å². The van der Waals surface area contributed by atoms with E-state index in [-0.39, 0.29) is 31.1 Å². The standard InChI is InChI=1S/C23H22N4O7/c1-32-13-10-25(23(29)21-5-3-12-34-21)15-22(28)26-19(20-4-2-11-33-20)14-18(24-26)16-6-8-17(9-7-16)27(30)31/h2-9,11-12,19H,10,13-15H2,1H3. The van der Waals surface area contributed by atoms with E-state index in [4.69, 9.17) is 13.6 Å². The van der Waals surface area contributed by atoms with Gasteiger partial charge < -0.3 is 18.5 Å². The van der Waals surface area contributed by atoms with Crippen molar-refractivity contribution in [3.63, 3.8) is 0 Å². The summed E-state index contributed by atoms with van der Waals surface area (Å²) in [5.74, 6) is -0.212. The Labute approximate surface area is 194 Å². The summed E-state index contributed by atoms with van der Waals surface area (Å²) in [7, 11) is 1.51. The molecule has 0 saturated carbocycles. The highest BCUT2D eigenvalue weighted by Crippen LogP contribution is 2.33. The van der Waals surface area contributed by atoms with Crippen LogP contribution in [0.5, 0.6) is 0 Å². The summed E-state index contributed by atoms with van der Waals surface area (Å²) < 4.78 is 15.8. The van der Waals surface area contributed by atoms with Gasteiger partial charge in [0, 0.05) is 32.2 Å². The molecule has 34 heavy (non-hydrogen) atoms. The van der Waals surface area contributed by atoms with Gasteiger partial charge in [0.2, 0.25) is 0 Å². The van der Waals surface area contributed by atoms with Crippen molar-refractivity contribution in [3.05, 3.63) is 88.3 Å². The molecular formula is C23H22N4O7. The maximum atomic E-state index is 13.3. The van der Waals surface area contributed by atoms with E-state index in [1.807, 2.05) is 0 Å². The van der Waals surface area contributed by atoms with Gasteiger partial charge in [0.25, 0.3) is 17.5 Å². The molecule has 4 rings (SSSR count). The number of hydrazone groups is 1. The Morgan fingerprint density at radius 3 is 2.53 bits per heavy atom. The highest BCUT2D eigenvalue weighted by Gasteiger charge is 2.36. The van der Waals surface area contributed by atoms with Crippen molar-refractivity contribution in [1.29, 1.82) is 0 Å². The molecule has 0 aliphatic carbocycles. The van der Waals surface area contributed by atoms with E-state index >= 15 is 0 Å². The first kappa shape index (κ1) is 22.9. The largest absolute Gasteiger partial charge is 0.467 e. The maximum Gasteiger partial charge on any atom is 0.290 e. The lowest BCUT2D eigenvalue weighted by molar-refractivity contribution is -0.384. The normalized spacial score (nSPS) is 15.3.